The van der Waals surface area contributed by atoms with Gasteiger partial charge < -0.3 is 0 Å². The summed E-state index contributed by atoms with van der Waals surface area (Å²) in [4.78, 5) is 15.1. The van der Waals surface area contributed by atoms with Crippen molar-refractivity contribution >= 4 is 17.6 Å². The van der Waals surface area contributed by atoms with Gasteiger partial charge in [-0.15, -0.1) is 0 Å². The van der Waals surface area contributed by atoms with Crippen LogP contribution in [0.5, 0.6) is 0 Å². The van der Waals surface area contributed by atoms with E-state index >= 15 is 0 Å². The number of carbonyl (C=O) groups is 1. The van der Waals surface area contributed by atoms with Crippen molar-refractivity contribution in [3.63, 3.8) is 0 Å². The van der Waals surface area contributed by atoms with Gasteiger partial charge in [-0.25, -0.2) is 10.4 Å². The predicted octanol–water partition coefficient (Wildman–Crippen LogP) is 0.379. The number of hydrogen-bond acceptors (Lipinski definition) is 5. The average Bonchev–Trinajstić information content (AvgIpc) is 2.37. The topological polar surface area (TPSA) is 77.9 Å². The van der Waals surface area contributed by atoms with Crippen LogP contribution in [-0.4, -0.2) is 23.6 Å². The van der Waals surface area contributed by atoms with Gasteiger partial charge in [-0.2, -0.15) is 5.10 Å². The first-order chi connectivity index (χ1) is 8.66. The summed E-state index contributed by atoms with van der Waals surface area (Å²) in [5.41, 5.74) is 9.75. The van der Waals surface area contributed by atoms with E-state index in [-0.39, 0.29) is 11.9 Å². The lowest BCUT2D eigenvalue weighted by atomic mass is 10.0. The third-order valence-electron chi connectivity index (χ3n) is 2.43. The molecule has 18 heavy (non-hydrogen) atoms. The van der Waals surface area contributed by atoms with Crippen LogP contribution < -0.4 is 16.3 Å². The maximum atomic E-state index is 10.8. The Morgan fingerprint density at radius 1 is 1.33 bits per heavy atom. The van der Waals surface area contributed by atoms with Crippen LogP contribution in [0.4, 0.5) is 0 Å². The van der Waals surface area contributed by atoms with Gasteiger partial charge in [0.25, 0.3) is 0 Å². The van der Waals surface area contributed by atoms with Crippen molar-refractivity contribution in [3.8, 4) is 0 Å². The highest BCUT2D eigenvalue weighted by Crippen LogP contribution is 2.09. The molecule has 0 aromatic heterocycles. The van der Waals surface area contributed by atoms with E-state index in [0.717, 1.165) is 11.3 Å². The fourth-order valence-electron chi connectivity index (χ4n) is 1.61. The van der Waals surface area contributed by atoms with Crippen LogP contribution >= 0.6 is 0 Å². The maximum absolute atomic E-state index is 10.8. The molecular formula is C12H15N5O. The number of aliphatic imine (C=N–C) groups is 1. The van der Waals surface area contributed by atoms with Crippen molar-refractivity contribution < 1.29 is 4.79 Å². The van der Waals surface area contributed by atoms with Crippen LogP contribution in [0.2, 0.25) is 0 Å². The van der Waals surface area contributed by atoms with Gasteiger partial charge in [0.15, 0.2) is 0 Å². The highest BCUT2D eigenvalue weighted by Gasteiger charge is 2.17. The lowest BCUT2D eigenvalue weighted by Crippen LogP contribution is -2.48. The summed E-state index contributed by atoms with van der Waals surface area (Å²) >= 11 is 0. The number of nitrogens with zero attached hydrogens (tertiary/aromatic N) is 2. The minimum atomic E-state index is -0.190. The molecule has 1 unspecified atom stereocenters. The number of hydrazone groups is 1. The summed E-state index contributed by atoms with van der Waals surface area (Å²) in [6.07, 6.45) is 0. The molecule has 3 N–H and O–H groups in total. The molecule has 1 aliphatic rings. The quantitative estimate of drug-likeness (QED) is 0.626. The zero-order chi connectivity index (χ0) is 13.0. The number of carbonyl (C=O) groups excluding carboxylic acids is 1. The smallest absolute Gasteiger partial charge is 0.235 e. The number of benzene rings is 1. The zero-order valence-electron chi connectivity index (χ0n) is 10.3. The fraction of sp³-hybridized carbons (Fsp3) is 0.250. The number of hydrogen-bond donors (Lipinski definition) is 3. The molecule has 2 rings (SSSR count). The second-order valence-electron chi connectivity index (χ2n) is 3.93. The number of rotatable bonds is 1. The Morgan fingerprint density at radius 3 is 2.67 bits per heavy atom. The van der Waals surface area contributed by atoms with Gasteiger partial charge in [0, 0.05) is 6.92 Å². The summed E-state index contributed by atoms with van der Waals surface area (Å²) in [6.45, 7) is 3.36. The third-order valence-corrected chi connectivity index (χ3v) is 2.43. The van der Waals surface area contributed by atoms with Crippen LogP contribution in [0, 0.1) is 0 Å². The van der Waals surface area contributed by atoms with E-state index in [1.54, 1.807) is 0 Å². The van der Waals surface area contributed by atoms with E-state index in [2.05, 4.69) is 26.4 Å². The standard InChI is InChI=1S/C12H15N5O/c1-8-11(10-6-4-3-5-7-10)15-17-12(13-8)16-14-9(2)18/h3-8H,1-2H3,(H,14,18)(H2,13,16,17). The van der Waals surface area contributed by atoms with Gasteiger partial charge in [0.2, 0.25) is 11.9 Å². The molecule has 1 aromatic carbocycles. The van der Waals surface area contributed by atoms with E-state index in [4.69, 9.17) is 0 Å². The summed E-state index contributed by atoms with van der Waals surface area (Å²) in [7, 11) is 0. The normalized spacial score (nSPS) is 18.2. The van der Waals surface area contributed by atoms with Crippen molar-refractivity contribution in [1.29, 1.82) is 0 Å². The van der Waals surface area contributed by atoms with Crippen molar-refractivity contribution in [2.24, 2.45) is 10.1 Å². The first-order valence-electron chi connectivity index (χ1n) is 5.66. The molecule has 1 atom stereocenters. The van der Waals surface area contributed by atoms with Crippen LogP contribution in [0.3, 0.4) is 0 Å². The molecule has 94 valence electrons. The molecule has 1 amide bonds. The lowest BCUT2D eigenvalue weighted by Gasteiger charge is -2.19. The van der Waals surface area contributed by atoms with Gasteiger partial charge in [-0.1, -0.05) is 30.3 Å². The molecule has 0 bridgehead atoms. The van der Waals surface area contributed by atoms with Gasteiger partial charge in [0.05, 0.1) is 11.8 Å². The van der Waals surface area contributed by atoms with Crippen LogP contribution in [-0.2, 0) is 4.79 Å². The Morgan fingerprint density at radius 2 is 2.06 bits per heavy atom. The molecule has 0 fully saturated rings. The molecule has 1 aliphatic heterocycles. The first-order valence-corrected chi connectivity index (χ1v) is 5.66. The van der Waals surface area contributed by atoms with E-state index in [1.807, 2.05) is 37.3 Å². The van der Waals surface area contributed by atoms with Crippen molar-refractivity contribution in [2.45, 2.75) is 19.9 Å². The largest absolute Gasteiger partial charge is 0.274 e. The molecule has 1 aromatic rings. The second-order valence-corrected chi connectivity index (χ2v) is 3.93. The minimum absolute atomic E-state index is 0.0788. The van der Waals surface area contributed by atoms with Crippen molar-refractivity contribution in [3.05, 3.63) is 35.9 Å². The summed E-state index contributed by atoms with van der Waals surface area (Å²) < 4.78 is 0. The molecule has 0 saturated heterocycles. The van der Waals surface area contributed by atoms with Crippen LogP contribution in [0.15, 0.2) is 40.4 Å². The van der Waals surface area contributed by atoms with Gasteiger partial charge in [-0.05, 0) is 12.5 Å². The summed E-state index contributed by atoms with van der Waals surface area (Å²) in [6, 6.07) is 9.76. The molecule has 0 radical (unpaired) electrons. The number of guanidine groups is 1. The molecular weight excluding hydrogens is 230 g/mol. The Kier molecular flexibility index (Phi) is 3.57. The molecule has 1 heterocycles. The summed E-state index contributed by atoms with van der Waals surface area (Å²) in [5.74, 6) is 0.238. The van der Waals surface area contributed by atoms with Gasteiger partial charge in [-0.3, -0.25) is 15.6 Å². The fourth-order valence-corrected chi connectivity index (χ4v) is 1.61. The van der Waals surface area contributed by atoms with Gasteiger partial charge >= 0.3 is 0 Å². The number of amides is 1. The second kappa shape index (κ2) is 5.31. The molecule has 0 spiro atoms. The molecule has 0 aliphatic carbocycles. The molecule has 6 nitrogen and oxygen atoms in total. The predicted molar refractivity (Wildman–Crippen MR) is 70.0 cm³/mol. The van der Waals surface area contributed by atoms with Crippen LogP contribution in [0.25, 0.3) is 0 Å². The number of hydrazine groups is 1. The van der Waals surface area contributed by atoms with Crippen molar-refractivity contribution in [2.75, 3.05) is 0 Å². The monoisotopic (exact) mass is 245 g/mol. The van der Waals surface area contributed by atoms with E-state index < -0.39 is 0 Å². The lowest BCUT2D eigenvalue weighted by molar-refractivity contribution is -0.119. The van der Waals surface area contributed by atoms with Crippen LogP contribution in [0.1, 0.15) is 19.4 Å². The average molecular weight is 245 g/mol. The summed E-state index contributed by atoms with van der Waals surface area (Å²) in [5, 5.41) is 4.26. The Hall–Kier alpha value is -2.37. The number of nitrogens with one attached hydrogen (secondary N) is 3. The van der Waals surface area contributed by atoms with Gasteiger partial charge in [0.1, 0.15) is 0 Å². The minimum Gasteiger partial charge on any atom is -0.274 e. The zero-order valence-corrected chi connectivity index (χ0v) is 10.3. The van der Waals surface area contributed by atoms with E-state index in [9.17, 15) is 4.79 Å². The highest BCUT2D eigenvalue weighted by molar-refractivity contribution is 6.07. The molecule has 0 saturated carbocycles. The highest BCUT2D eigenvalue weighted by atomic mass is 16.2. The SMILES string of the molecule is CC(=O)NNC1=NC(C)C(c2ccccc2)=NN1. The molecule has 6 heteroatoms. The third kappa shape index (κ3) is 2.85. The first kappa shape index (κ1) is 12.1. The Labute approximate surface area is 105 Å². The van der Waals surface area contributed by atoms with Crippen molar-refractivity contribution in [1.82, 2.24) is 16.3 Å². The van der Waals surface area contributed by atoms with E-state index in [0.29, 0.717) is 5.96 Å². The Balaban J connectivity index is 2.05. The van der Waals surface area contributed by atoms with E-state index in [1.165, 1.54) is 6.92 Å². The maximum Gasteiger partial charge on any atom is 0.235 e. The Bertz CT molecular complexity index is 494.